The summed E-state index contributed by atoms with van der Waals surface area (Å²) in [6.45, 7) is 0.594. The van der Waals surface area contributed by atoms with Gasteiger partial charge in [-0.3, -0.25) is 19.9 Å². The fourth-order valence-electron chi connectivity index (χ4n) is 1.71. The normalized spacial score (nSPS) is 10.2. The standard InChI is InChI=1S/C12H16BrN3O4/c13-9-7-14-8-10(16(19)20)12(9)15-6-4-2-1-3-5-11(17)18/h7-8H,1-6H2,(H,14,15)(H,17,18). The molecule has 20 heavy (non-hydrogen) atoms. The van der Waals surface area contributed by atoms with Crippen molar-refractivity contribution in [3.63, 3.8) is 0 Å². The molecule has 0 aliphatic carbocycles. The average molecular weight is 346 g/mol. The maximum Gasteiger partial charge on any atom is 0.311 e. The molecule has 1 aromatic heterocycles. The smallest absolute Gasteiger partial charge is 0.311 e. The molecule has 0 amide bonds. The minimum atomic E-state index is -0.778. The minimum absolute atomic E-state index is 0.0646. The van der Waals surface area contributed by atoms with Crippen molar-refractivity contribution in [1.82, 2.24) is 4.98 Å². The van der Waals surface area contributed by atoms with Crippen LogP contribution in [-0.2, 0) is 4.79 Å². The monoisotopic (exact) mass is 345 g/mol. The van der Waals surface area contributed by atoms with Gasteiger partial charge in [-0.15, -0.1) is 0 Å². The number of pyridine rings is 1. The van der Waals surface area contributed by atoms with E-state index in [2.05, 4.69) is 26.2 Å². The van der Waals surface area contributed by atoms with Crippen LogP contribution in [0.15, 0.2) is 16.9 Å². The van der Waals surface area contributed by atoms with Crippen molar-refractivity contribution in [2.45, 2.75) is 32.1 Å². The van der Waals surface area contributed by atoms with Crippen LogP contribution in [0.4, 0.5) is 11.4 Å². The highest BCUT2D eigenvalue weighted by Gasteiger charge is 2.16. The van der Waals surface area contributed by atoms with Crippen molar-refractivity contribution in [2.75, 3.05) is 11.9 Å². The molecule has 0 aromatic carbocycles. The van der Waals surface area contributed by atoms with Gasteiger partial charge in [0.2, 0.25) is 0 Å². The van der Waals surface area contributed by atoms with Crippen LogP contribution in [0, 0.1) is 10.1 Å². The van der Waals surface area contributed by atoms with Gasteiger partial charge in [0.15, 0.2) is 0 Å². The molecule has 0 saturated carbocycles. The SMILES string of the molecule is O=C(O)CCCCCCNc1c(Br)cncc1[N+](=O)[O-]. The maximum atomic E-state index is 10.9. The molecular weight excluding hydrogens is 330 g/mol. The quantitative estimate of drug-likeness (QED) is 0.404. The number of aliphatic carboxylic acids is 1. The number of nitrogens with one attached hydrogen (secondary N) is 1. The molecule has 110 valence electrons. The van der Waals surface area contributed by atoms with E-state index in [-0.39, 0.29) is 12.1 Å². The van der Waals surface area contributed by atoms with Crippen LogP contribution in [-0.4, -0.2) is 27.5 Å². The lowest BCUT2D eigenvalue weighted by atomic mass is 10.1. The van der Waals surface area contributed by atoms with E-state index >= 15 is 0 Å². The van der Waals surface area contributed by atoms with Gasteiger partial charge in [0, 0.05) is 19.2 Å². The molecule has 2 N–H and O–H groups in total. The molecule has 0 radical (unpaired) electrons. The first kappa shape index (κ1) is 16.4. The van der Waals surface area contributed by atoms with Gasteiger partial charge in [-0.1, -0.05) is 12.8 Å². The number of carboxylic acids is 1. The number of unbranched alkanes of at least 4 members (excludes halogenated alkanes) is 3. The highest BCUT2D eigenvalue weighted by molar-refractivity contribution is 9.10. The Kier molecular flexibility index (Phi) is 6.92. The van der Waals surface area contributed by atoms with E-state index in [0.717, 1.165) is 19.3 Å². The molecule has 0 atom stereocenters. The highest BCUT2D eigenvalue weighted by Crippen LogP contribution is 2.30. The Morgan fingerprint density at radius 3 is 2.70 bits per heavy atom. The van der Waals surface area contributed by atoms with Gasteiger partial charge in [0.25, 0.3) is 0 Å². The van der Waals surface area contributed by atoms with Crippen LogP contribution in [0.5, 0.6) is 0 Å². The second kappa shape index (κ2) is 8.47. The molecule has 0 fully saturated rings. The first-order valence-electron chi connectivity index (χ1n) is 6.26. The predicted molar refractivity (Wildman–Crippen MR) is 77.8 cm³/mol. The van der Waals surface area contributed by atoms with Gasteiger partial charge in [-0.2, -0.15) is 0 Å². The predicted octanol–water partition coefficient (Wildman–Crippen LogP) is 3.20. The van der Waals surface area contributed by atoms with Gasteiger partial charge < -0.3 is 10.4 Å². The molecule has 8 heteroatoms. The molecule has 1 heterocycles. The number of hydrogen-bond acceptors (Lipinski definition) is 5. The summed E-state index contributed by atoms with van der Waals surface area (Å²) in [4.78, 5) is 24.5. The fourth-order valence-corrected chi connectivity index (χ4v) is 2.17. The number of halogens is 1. The Hall–Kier alpha value is -1.70. The first-order valence-corrected chi connectivity index (χ1v) is 7.05. The van der Waals surface area contributed by atoms with Gasteiger partial charge >= 0.3 is 11.7 Å². The number of anilines is 1. The number of rotatable bonds is 9. The molecular formula is C12H16BrN3O4. The summed E-state index contributed by atoms with van der Waals surface area (Å²) in [5.41, 5.74) is 0.362. The summed E-state index contributed by atoms with van der Waals surface area (Å²) in [5.74, 6) is -0.778. The summed E-state index contributed by atoms with van der Waals surface area (Å²) in [5, 5.41) is 22.4. The average Bonchev–Trinajstić information content (AvgIpc) is 2.38. The summed E-state index contributed by atoms with van der Waals surface area (Å²) < 4.78 is 0.553. The van der Waals surface area contributed by atoms with Crippen molar-refractivity contribution in [3.8, 4) is 0 Å². The van der Waals surface area contributed by atoms with Crippen molar-refractivity contribution in [3.05, 3.63) is 27.0 Å². The van der Waals surface area contributed by atoms with Gasteiger partial charge in [0.1, 0.15) is 11.9 Å². The Bertz CT molecular complexity index is 482. The molecule has 0 aliphatic heterocycles. The lowest BCUT2D eigenvalue weighted by Crippen LogP contribution is -2.05. The van der Waals surface area contributed by atoms with E-state index in [9.17, 15) is 14.9 Å². The maximum absolute atomic E-state index is 10.9. The van der Waals surface area contributed by atoms with E-state index in [4.69, 9.17) is 5.11 Å². The molecule has 0 spiro atoms. The van der Waals surface area contributed by atoms with E-state index < -0.39 is 10.9 Å². The molecule has 0 saturated heterocycles. The largest absolute Gasteiger partial charge is 0.481 e. The first-order chi connectivity index (χ1) is 9.52. The highest BCUT2D eigenvalue weighted by atomic mass is 79.9. The number of nitrogens with zero attached hydrogens (tertiary/aromatic N) is 2. The third kappa shape index (κ3) is 5.52. The van der Waals surface area contributed by atoms with Crippen LogP contribution in [0.3, 0.4) is 0 Å². The third-order valence-electron chi connectivity index (χ3n) is 2.70. The molecule has 0 unspecified atom stereocenters. The zero-order valence-electron chi connectivity index (χ0n) is 10.8. The number of hydrogen-bond donors (Lipinski definition) is 2. The number of carboxylic acid groups (broad SMARTS) is 1. The molecule has 1 aromatic rings. The summed E-state index contributed by atoms with van der Waals surface area (Å²) in [6, 6.07) is 0. The van der Waals surface area contributed by atoms with E-state index in [1.54, 1.807) is 0 Å². The van der Waals surface area contributed by atoms with E-state index in [0.29, 0.717) is 23.1 Å². The minimum Gasteiger partial charge on any atom is -0.481 e. The summed E-state index contributed by atoms with van der Waals surface area (Å²) in [7, 11) is 0. The second-order valence-electron chi connectivity index (χ2n) is 4.26. The van der Waals surface area contributed by atoms with Crippen LogP contribution in [0.25, 0.3) is 0 Å². The van der Waals surface area contributed by atoms with Crippen molar-refractivity contribution < 1.29 is 14.8 Å². The zero-order chi connectivity index (χ0) is 15.0. The van der Waals surface area contributed by atoms with Gasteiger partial charge in [0.05, 0.1) is 9.40 Å². The Labute approximate surface area is 124 Å². The topological polar surface area (TPSA) is 105 Å². The van der Waals surface area contributed by atoms with Gasteiger partial charge in [-0.05, 0) is 28.8 Å². The van der Waals surface area contributed by atoms with Crippen LogP contribution >= 0.6 is 15.9 Å². The van der Waals surface area contributed by atoms with Crippen LogP contribution in [0.2, 0.25) is 0 Å². The van der Waals surface area contributed by atoms with Crippen LogP contribution in [0.1, 0.15) is 32.1 Å². The Balaban J connectivity index is 2.35. The number of aromatic nitrogens is 1. The van der Waals surface area contributed by atoms with Crippen molar-refractivity contribution in [2.24, 2.45) is 0 Å². The second-order valence-corrected chi connectivity index (χ2v) is 5.11. The fraction of sp³-hybridized carbons (Fsp3) is 0.500. The van der Waals surface area contributed by atoms with Crippen molar-refractivity contribution >= 4 is 33.3 Å². The lowest BCUT2D eigenvalue weighted by molar-refractivity contribution is -0.384. The van der Waals surface area contributed by atoms with E-state index in [1.807, 2.05) is 0 Å². The number of carbonyl (C=O) groups is 1. The lowest BCUT2D eigenvalue weighted by Gasteiger charge is -2.08. The molecule has 1 rings (SSSR count). The molecule has 7 nitrogen and oxygen atoms in total. The number of nitro groups is 1. The Morgan fingerprint density at radius 2 is 2.05 bits per heavy atom. The summed E-state index contributed by atoms with van der Waals surface area (Å²) in [6.07, 6.45) is 6.11. The van der Waals surface area contributed by atoms with E-state index in [1.165, 1.54) is 12.4 Å². The van der Waals surface area contributed by atoms with Crippen molar-refractivity contribution in [1.29, 1.82) is 0 Å². The molecule has 0 aliphatic rings. The third-order valence-corrected chi connectivity index (χ3v) is 3.30. The summed E-state index contributed by atoms with van der Waals surface area (Å²) >= 11 is 3.23. The van der Waals surface area contributed by atoms with Gasteiger partial charge in [-0.25, -0.2) is 0 Å². The molecule has 0 bridgehead atoms. The zero-order valence-corrected chi connectivity index (χ0v) is 12.4. The Morgan fingerprint density at radius 1 is 1.35 bits per heavy atom. The van der Waals surface area contributed by atoms with Crippen LogP contribution < -0.4 is 5.32 Å².